The summed E-state index contributed by atoms with van der Waals surface area (Å²) in [4.78, 5) is 17.9. The second-order valence-electron chi connectivity index (χ2n) is 11.5. The molecule has 3 N–H and O–H groups in total. The minimum atomic E-state index is -0.827. The number of carbonyl (C=O) groups excluding carboxylic acids is 1. The molecule has 2 aliphatic carbocycles. The predicted octanol–water partition coefficient (Wildman–Crippen LogP) is 4.26. The molecule has 2 saturated carbocycles. The Balaban J connectivity index is 1.21. The molecule has 6 nitrogen and oxygen atoms in total. The summed E-state index contributed by atoms with van der Waals surface area (Å²) in [6, 6.07) is 19.7. The fourth-order valence-corrected chi connectivity index (χ4v) is 6.08. The summed E-state index contributed by atoms with van der Waals surface area (Å²) in [6.07, 6.45) is 7.63. The topological polar surface area (TPSA) is 85.4 Å². The smallest absolute Gasteiger partial charge is 0.241 e. The molecule has 2 aromatic rings. The van der Waals surface area contributed by atoms with Crippen molar-refractivity contribution in [2.75, 3.05) is 33.2 Å². The van der Waals surface area contributed by atoms with Crippen molar-refractivity contribution in [3.8, 4) is 17.2 Å². The second-order valence-corrected chi connectivity index (χ2v) is 11.5. The highest BCUT2D eigenvalue weighted by Gasteiger charge is 2.37. The van der Waals surface area contributed by atoms with E-state index >= 15 is 0 Å². The van der Waals surface area contributed by atoms with E-state index in [1.54, 1.807) is 0 Å². The van der Waals surface area contributed by atoms with Crippen molar-refractivity contribution < 1.29 is 4.79 Å². The minimum absolute atomic E-state index is 0.184. The van der Waals surface area contributed by atoms with Crippen LogP contribution in [0, 0.1) is 17.2 Å². The normalized spacial score (nSPS) is 22.1. The van der Waals surface area contributed by atoms with Crippen LogP contribution in [0.4, 0.5) is 0 Å². The summed E-state index contributed by atoms with van der Waals surface area (Å²) in [5.41, 5.74) is 10.4. The van der Waals surface area contributed by atoms with E-state index in [-0.39, 0.29) is 5.91 Å². The van der Waals surface area contributed by atoms with E-state index in [0.717, 1.165) is 56.9 Å². The fraction of sp³-hybridized carbons (Fsp3) is 0.548. The highest BCUT2D eigenvalue weighted by atomic mass is 16.2. The Morgan fingerprint density at radius 2 is 1.59 bits per heavy atom. The number of carbonyl (C=O) groups is 1. The van der Waals surface area contributed by atoms with Crippen molar-refractivity contribution in [1.29, 1.82) is 5.26 Å². The van der Waals surface area contributed by atoms with E-state index in [1.165, 1.54) is 29.5 Å². The van der Waals surface area contributed by atoms with E-state index in [4.69, 9.17) is 5.73 Å². The SMILES string of the molecule is CN1CCN(C(c2ccc(-c3ccc(C[C@@H](C#N)NC(=O)C4(N)CCCCC4)cc3)cc2)C2CC2)CC1. The first-order chi connectivity index (χ1) is 17.9. The molecule has 5 rings (SSSR count). The van der Waals surface area contributed by atoms with Gasteiger partial charge in [0.1, 0.15) is 6.04 Å². The Morgan fingerprint density at radius 1 is 1.00 bits per heavy atom. The molecule has 1 aliphatic heterocycles. The Bertz CT molecular complexity index is 1090. The average molecular weight is 500 g/mol. The van der Waals surface area contributed by atoms with Crippen molar-refractivity contribution >= 4 is 5.91 Å². The first-order valence-electron chi connectivity index (χ1n) is 14.1. The molecule has 1 saturated heterocycles. The van der Waals surface area contributed by atoms with Crippen LogP contribution in [0.1, 0.15) is 62.1 Å². The Hall–Kier alpha value is -2.72. The average Bonchev–Trinajstić information content (AvgIpc) is 3.76. The number of hydrogen-bond acceptors (Lipinski definition) is 5. The van der Waals surface area contributed by atoms with Gasteiger partial charge in [0, 0.05) is 38.6 Å². The minimum Gasteiger partial charge on any atom is -0.338 e. The summed E-state index contributed by atoms with van der Waals surface area (Å²) in [6.45, 7) is 4.60. The third-order valence-corrected chi connectivity index (χ3v) is 8.64. The van der Waals surface area contributed by atoms with Crippen molar-refractivity contribution in [2.45, 2.75) is 69.0 Å². The number of nitriles is 1. The van der Waals surface area contributed by atoms with Gasteiger partial charge in [-0.1, -0.05) is 67.8 Å². The highest BCUT2D eigenvalue weighted by molar-refractivity contribution is 5.86. The summed E-state index contributed by atoms with van der Waals surface area (Å²) in [5, 5.41) is 12.6. The van der Waals surface area contributed by atoms with E-state index in [1.807, 2.05) is 0 Å². The zero-order valence-electron chi connectivity index (χ0n) is 22.2. The van der Waals surface area contributed by atoms with E-state index in [0.29, 0.717) is 25.3 Å². The molecule has 0 aromatic heterocycles. The molecule has 0 bridgehead atoms. The van der Waals surface area contributed by atoms with Crippen LogP contribution in [0.3, 0.4) is 0 Å². The summed E-state index contributed by atoms with van der Waals surface area (Å²) >= 11 is 0. The van der Waals surface area contributed by atoms with E-state index < -0.39 is 11.6 Å². The maximum Gasteiger partial charge on any atom is 0.241 e. The molecule has 1 amide bonds. The zero-order chi connectivity index (χ0) is 25.8. The zero-order valence-corrected chi connectivity index (χ0v) is 22.2. The maximum atomic E-state index is 12.8. The number of nitrogens with one attached hydrogen (secondary N) is 1. The van der Waals surface area contributed by atoms with Crippen molar-refractivity contribution in [1.82, 2.24) is 15.1 Å². The van der Waals surface area contributed by atoms with Crippen LogP contribution in [-0.4, -0.2) is 60.5 Å². The largest absolute Gasteiger partial charge is 0.338 e. The number of piperazine rings is 1. The first-order valence-corrected chi connectivity index (χ1v) is 14.1. The molecular formula is C31H41N5O. The summed E-state index contributed by atoms with van der Waals surface area (Å²) in [7, 11) is 2.22. The number of hydrogen-bond donors (Lipinski definition) is 2. The van der Waals surface area contributed by atoms with Gasteiger partial charge < -0.3 is 16.0 Å². The monoisotopic (exact) mass is 499 g/mol. The molecule has 196 valence electrons. The molecule has 6 heteroatoms. The molecule has 0 radical (unpaired) electrons. The van der Waals surface area contributed by atoms with Crippen LogP contribution in [0.2, 0.25) is 0 Å². The number of likely N-dealkylation sites (N-methyl/N-ethyl adjacent to an activating group) is 1. The molecule has 3 fully saturated rings. The molecule has 37 heavy (non-hydrogen) atoms. The Kier molecular flexibility index (Phi) is 7.95. The third-order valence-electron chi connectivity index (χ3n) is 8.64. The predicted molar refractivity (Wildman–Crippen MR) is 148 cm³/mol. The van der Waals surface area contributed by atoms with Crippen LogP contribution in [0.15, 0.2) is 48.5 Å². The Labute approximate surface area is 221 Å². The van der Waals surface area contributed by atoms with Gasteiger partial charge >= 0.3 is 0 Å². The number of nitrogens with zero attached hydrogens (tertiary/aromatic N) is 3. The number of rotatable bonds is 8. The number of benzene rings is 2. The van der Waals surface area contributed by atoms with Gasteiger partial charge in [0.2, 0.25) is 5.91 Å². The van der Waals surface area contributed by atoms with Gasteiger partial charge in [-0.3, -0.25) is 9.69 Å². The van der Waals surface area contributed by atoms with Gasteiger partial charge in [0.15, 0.2) is 0 Å². The van der Waals surface area contributed by atoms with Crippen LogP contribution in [-0.2, 0) is 11.2 Å². The lowest BCUT2D eigenvalue weighted by Crippen LogP contribution is -2.57. The van der Waals surface area contributed by atoms with Gasteiger partial charge in [-0.15, -0.1) is 0 Å². The molecule has 3 aliphatic rings. The Morgan fingerprint density at radius 3 is 2.16 bits per heavy atom. The summed E-state index contributed by atoms with van der Waals surface area (Å²) in [5.74, 6) is 0.617. The molecule has 1 heterocycles. The lowest BCUT2D eigenvalue weighted by atomic mass is 9.81. The molecule has 0 spiro atoms. The van der Waals surface area contributed by atoms with Crippen molar-refractivity contribution in [3.63, 3.8) is 0 Å². The lowest BCUT2D eigenvalue weighted by Gasteiger charge is -2.38. The molecular weight excluding hydrogens is 458 g/mol. The van der Waals surface area contributed by atoms with Crippen molar-refractivity contribution in [3.05, 3.63) is 59.7 Å². The lowest BCUT2D eigenvalue weighted by molar-refractivity contribution is -0.127. The van der Waals surface area contributed by atoms with E-state index in [9.17, 15) is 10.1 Å². The third kappa shape index (κ3) is 6.23. The number of amides is 1. The molecule has 2 atom stereocenters. The molecule has 2 aromatic carbocycles. The quantitative estimate of drug-likeness (QED) is 0.567. The van der Waals surface area contributed by atoms with Gasteiger partial charge in [-0.05, 0) is 60.9 Å². The van der Waals surface area contributed by atoms with Gasteiger partial charge in [0.25, 0.3) is 0 Å². The van der Waals surface area contributed by atoms with Crippen LogP contribution in [0.25, 0.3) is 11.1 Å². The van der Waals surface area contributed by atoms with Crippen molar-refractivity contribution in [2.24, 2.45) is 11.7 Å². The summed E-state index contributed by atoms with van der Waals surface area (Å²) < 4.78 is 0. The van der Waals surface area contributed by atoms with Crippen LogP contribution < -0.4 is 11.1 Å². The van der Waals surface area contributed by atoms with Crippen LogP contribution >= 0.6 is 0 Å². The molecule has 1 unspecified atom stereocenters. The van der Waals surface area contributed by atoms with Crippen LogP contribution in [0.5, 0.6) is 0 Å². The van der Waals surface area contributed by atoms with Gasteiger partial charge in [-0.25, -0.2) is 0 Å². The van der Waals surface area contributed by atoms with Gasteiger partial charge in [0.05, 0.1) is 11.6 Å². The first kappa shape index (κ1) is 25.9. The number of nitrogens with two attached hydrogens (primary N) is 1. The fourth-order valence-electron chi connectivity index (χ4n) is 6.08. The van der Waals surface area contributed by atoms with E-state index in [2.05, 4.69) is 76.8 Å². The van der Waals surface area contributed by atoms with Gasteiger partial charge in [-0.2, -0.15) is 5.26 Å². The standard InChI is InChI=1S/C31H41N5O/c1-35-17-19-36(20-18-35)29(27-13-14-27)26-11-9-25(10-12-26)24-7-5-23(6-8-24)21-28(22-32)34-30(37)31(33)15-3-2-4-16-31/h5-12,27-29H,2-4,13-21,33H2,1H3,(H,34,37)/t28-,29?/m0/s1. The maximum absolute atomic E-state index is 12.8. The second kappa shape index (κ2) is 11.3. The highest BCUT2D eigenvalue weighted by Crippen LogP contribution is 2.45.